The first-order chi connectivity index (χ1) is 13.4. The largest absolute Gasteiger partial charge is 0.393 e. The highest BCUT2D eigenvalue weighted by Crippen LogP contribution is 2.68. The fraction of sp³-hybridized carbons (Fsp3) is 1.00. The molecule has 0 aromatic rings. The quantitative estimate of drug-likeness (QED) is 0.644. The van der Waals surface area contributed by atoms with Gasteiger partial charge < -0.3 is 15.5 Å². The van der Waals surface area contributed by atoms with Crippen LogP contribution in [0.5, 0.6) is 0 Å². The second-order valence-electron chi connectivity index (χ2n) is 12.0. The van der Waals surface area contributed by atoms with Crippen LogP contribution in [-0.2, 0) is 0 Å². The predicted octanol–water partition coefficient (Wildman–Crippen LogP) is 4.65. The van der Waals surface area contributed by atoms with E-state index in [1.54, 1.807) is 0 Å². The van der Waals surface area contributed by atoms with E-state index in [4.69, 9.17) is 0 Å². The topological polar surface area (TPSA) is 52.5 Å². The molecule has 28 heavy (non-hydrogen) atoms. The van der Waals surface area contributed by atoms with Crippen molar-refractivity contribution in [3.63, 3.8) is 0 Å². The van der Waals surface area contributed by atoms with E-state index in [1.165, 1.54) is 57.8 Å². The Morgan fingerprint density at radius 2 is 1.71 bits per heavy atom. The normalized spacial score (nSPS) is 56.6. The van der Waals surface area contributed by atoms with Crippen molar-refractivity contribution in [1.82, 2.24) is 5.32 Å². The maximum absolute atomic E-state index is 11.9. The van der Waals surface area contributed by atoms with Gasteiger partial charge in [-0.25, -0.2) is 0 Å². The van der Waals surface area contributed by atoms with Crippen molar-refractivity contribution in [3.05, 3.63) is 0 Å². The molecule has 0 radical (unpaired) electrons. The summed E-state index contributed by atoms with van der Waals surface area (Å²) in [6.07, 6.45) is 15.5. The number of hydrogen-bond acceptors (Lipinski definition) is 3. The van der Waals surface area contributed by atoms with Gasteiger partial charge in [-0.2, -0.15) is 0 Å². The molecule has 1 aliphatic heterocycles. The summed E-state index contributed by atoms with van der Waals surface area (Å²) in [6.45, 7) is 6.16. The summed E-state index contributed by atoms with van der Waals surface area (Å²) in [7, 11) is 0. The molecular formula is C25H43NO2. The van der Waals surface area contributed by atoms with Crippen LogP contribution in [0, 0.1) is 34.5 Å². The molecule has 4 aliphatic carbocycles. The maximum Gasteiger partial charge on any atom is 0.0718 e. The van der Waals surface area contributed by atoms with E-state index in [-0.39, 0.29) is 11.5 Å². The first-order valence-corrected chi connectivity index (χ1v) is 12.5. The molecule has 0 spiro atoms. The second-order valence-corrected chi connectivity index (χ2v) is 12.0. The van der Waals surface area contributed by atoms with Crippen LogP contribution in [0.3, 0.4) is 0 Å². The van der Waals surface area contributed by atoms with Crippen molar-refractivity contribution in [2.24, 2.45) is 34.5 Å². The number of fused-ring (bicyclic) bond motifs is 5. The minimum absolute atomic E-state index is 0.0527. The molecule has 4 saturated carbocycles. The standard InChI is InChI=1S/C25H43NO2/c1-23-11-8-19(27)15-17(23)6-7-20-21(23)9-12-24(2)22(20)10-13-25(24,28)16-18-5-3-4-14-26-18/h17-22,26-28H,3-16H2,1-2H3/t17-,18?,19?,20+,21-,22-,23-,24-,25+/m0/s1. The highest BCUT2D eigenvalue weighted by atomic mass is 16.3. The van der Waals surface area contributed by atoms with Crippen molar-refractivity contribution in [2.45, 2.75) is 115 Å². The van der Waals surface area contributed by atoms with E-state index in [0.29, 0.717) is 17.4 Å². The monoisotopic (exact) mass is 389 g/mol. The zero-order valence-electron chi connectivity index (χ0n) is 18.3. The van der Waals surface area contributed by atoms with E-state index in [9.17, 15) is 10.2 Å². The summed E-state index contributed by atoms with van der Waals surface area (Å²) in [5.41, 5.74) is 0.0952. The lowest BCUT2D eigenvalue weighted by Gasteiger charge is -2.61. The molecule has 160 valence electrons. The van der Waals surface area contributed by atoms with Gasteiger partial charge in [0.15, 0.2) is 0 Å². The number of nitrogens with one attached hydrogen (secondary N) is 1. The van der Waals surface area contributed by atoms with Gasteiger partial charge in [-0.3, -0.25) is 0 Å². The van der Waals surface area contributed by atoms with Crippen LogP contribution in [0.4, 0.5) is 0 Å². The summed E-state index contributed by atoms with van der Waals surface area (Å²) in [5, 5.41) is 25.9. The predicted molar refractivity (Wildman–Crippen MR) is 113 cm³/mol. The Labute approximate surface area is 172 Å². The zero-order valence-corrected chi connectivity index (χ0v) is 18.3. The molecule has 0 aromatic carbocycles. The third kappa shape index (κ3) is 2.86. The van der Waals surface area contributed by atoms with Crippen LogP contribution < -0.4 is 5.32 Å². The van der Waals surface area contributed by atoms with Crippen molar-refractivity contribution < 1.29 is 10.2 Å². The molecule has 0 aromatic heterocycles. The Morgan fingerprint density at radius 1 is 0.893 bits per heavy atom. The SMILES string of the molecule is C[C@]12CCC(O)C[C@@H]1CC[C@@H]1[C@@H]2CC[C@@]2(C)[C@H]1CC[C@@]2(O)CC1CCCCN1. The molecule has 0 bridgehead atoms. The van der Waals surface area contributed by atoms with Crippen molar-refractivity contribution >= 4 is 0 Å². The summed E-state index contributed by atoms with van der Waals surface area (Å²) in [6, 6.07) is 0.528. The fourth-order valence-electron chi connectivity index (χ4n) is 9.19. The highest BCUT2D eigenvalue weighted by molar-refractivity contribution is 5.14. The van der Waals surface area contributed by atoms with E-state index in [2.05, 4.69) is 19.2 Å². The molecule has 5 fully saturated rings. The number of aliphatic hydroxyl groups excluding tert-OH is 1. The van der Waals surface area contributed by atoms with Crippen molar-refractivity contribution in [1.29, 1.82) is 0 Å². The average molecular weight is 390 g/mol. The molecule has 5 aliphatic rings. The Morgan fingerprint density at radius 3 is 2.50 bits per heavy atom. The van der Waals surface area contributed by atoms with Crippen molar-refractivity contribution in [2.75, 3.05) is 6.54 Å². The number of aliphatic hydroxyl groups is 2. The first kappa shape index (κ1) is 19.8. The Kier molecular flexibility index (Phi) is 4.92. The van der Waals surface area contributed by atoms with E-state index in [1.807, 2.05) is 0 Å². The van der Waals surface area contributed by atoms with Gasteiger partial charge in [-0.05, 0) is 118 Å². The molecule has 3 nitrogen and oxygen atoms in total. The Bertz CT molecular complexity index is 589. The summed E-state index contributed by atoms with van der Waals surface area (Å²) in [5.74, 6) is 3.08. The van der Waals surface area contributed by atoms with Gasteiger partial charge >= 0.3 is 0 Å². The second kappa shape index (κ2) is 6.95. The number of rotatable bonds is 2. The molecule has 5 rings (SSSR count). The van der Waals surface area contributed by atoms with E-state index in [0.717, 1.165) is 50.0 Å². The minimum atomic E-state index is -0.460. The average Bonchev–Trinajstić information content (AvgIpc) is 2.94. The van der Waals surface area contributed by atoms with Gasteiger partial charge in [0.25, 0.3) is 0 Å². The van der Waals surface area contributed by atoms with Crippen LogP contribution in [0.25, 0.3) is 0 Å². The molecule has 2 unspecified atom stereocenters. The molecule has 1 heterocycles. The highest BCUT2D eigenvalue weighted by Gasteiger charge is 2.64. The van der Waals surface area contributed by atoms with E-state index >= 15 is 0 Å². The summed E-state index contributed by atoms with van der Waals surface area (Å²) in [4.78, 5) is 0. The molecule has 3 heteroatoms. The zero-order chi connectivity index (χ0) is 19.6. The lowest BCUT2D eigenvalue weighted by atomic mass is 9.44. The van der Waals surface area contributed by atoms with Crippen LogP contribution in [0.15, 0.2) is 0 Å². The molecule has 0 amide bonds. The van der Waals surface area contributed by atoms with Gasteiger partial charge in [0.2, 0.25) is 0 Å². The van der Waals surface area contributed by atoms with Crippen molar-refractivity contribution in [3.8, 4) is 0 Å². The van der Waals surface area contributed by atoms with Crippen LogP contribution in [-0.4, -0.2) is 34.5 Å². The van der Waals surface area contributed by atoms with Gasteiger partial charge in [0.1, 0.15) is 0 Å². The lowest BCUT2D eigenvalue weighted by Crippen LogP contribution is -2.58. The van der Waals surface area contributed by atoms with Gasteiger partial charge in [-0.1, -0.05) is 20.3 Å². The Hall–Kier alpha value is -0.120. The molecule has 3 N–H and O–H groups in total. The van der Waals surface area contributed by atoms with Crippen LogP contribution >= 0.6 is 0 Å². The van der Waals surface area contributed by atoms with Gasteiger partial charge in [0, 0.05) is 6.04 Å². The maximum atomic E-state index is 11.9. The summed E-state index contributed by atoms with van der Waals surface area (Å²) < 4.78 is 0. The molecule has 9 atom stereocenters. The minimum Gasteiger partial charge on any atom is -0.393 e. The summed E-state index contributed by atoms with van der Waals surface area (Å²) >= 11 is 0. The fourth-order valence-corrected chi connectivity index (χ4v) is 9.19. The third-order valence-corrected chi connectivity index (χ3v) is 11.0. The number of hydrogen-bond donors (Lipinski definition) is 3. The van der Waals surface area contributed by atoms with Gasteiger partial charge in [-0.15, -0.1) is 0 Å². The van der Waals surface area contributed by atoms with E-state index < -0.39 is 5.60 Å². The smallest absolute Gasteiger partial charge is 0.0718 e. The number of piperidine rings is 1. The molecule has 1 saturated heterocycles. The first-order valence-electron chi connectivity index (χ1n) is 12.5. The van der Waals surface area contributed by atoms with Crippen LogP contribution in [0.1, 0.15) is 97.3 Å². The Balaban J connectivity index is 1.36. The third-order valence-electron chi connectivity index (χ3n) is 11.0. The molecular weight excluding hydrogens is 346 g/mol. The lowest BCUT2D eigenvalue weighted by molar-refractivity contribution is -0.162. The van der Waals surface area contributed by atoms with Gasteiger partial charge in [0.05, 0.1) is 11.7 Å². The van der Waals surface area contributed by atoms with Crippen LogP contribution in [0.2, 0.25) is 0 Å².